The molecule has 2 atom stereocenters. The van der Waals surface area contributed by atoms with Gasteiger partial charge in [-0.1, -0.05) is 6.07 Å². The predicted octanol–water partition coefficient (Wildman–Crippen LogP) is 1.61. The second-order valence-corrected chi connectivity index (χ2v) is 7.20. The summed E-state index contributed by atoms with van der Waals surface area (Å²) < 4.78 is 0. The molecule has 2 saturated heterocycles. The highest BCUT2D eigenvalue weighted by Gasteiger charge is 2.36. The van der Waals surface area contributed by atoms with Crippen LogP contribution in [0.25, 0.3) is 0 Å². The van der Waals surface area contributed by atoms with Gasteiger partial charge in [0.1, 0.15) is 0 Å². The van der Waals surface area contributed by atoms with Crippen LogP contribution in [0.5, 0.6) is 0 Å². The summed E-state index contributed by atoms with van der Waals surface area (Å²) in [6.45, 7) is 0.401. The molecule has 5 nitrogen and oxygen atoms in total. The third kappa shape index (κ3) is 3.50. The van der Waals surface area contributed by atoms with Gasteiger partial charge in [-0.25, -0.2) is 0 Å². The average Bonchev–Trinajstić information content (AvgIpc) is 3.16. The molecule has 1 aromatic rings. The zero-order chi connectivity index (χ0) is 15.5. The first kappa shape index (κ1) is 15.5. The van der Waals surface area contributed by atoms with Gasteiger partial charge in [0, 0.05) is 38.1 Å². The van der Waals surface area contributed by atoms with Gasteiger partial charge in [0.05, 0.1) is 4.88 Å². The summed E-state index contributed by atoms with van der Waals surface area (Å²) in [7, 11) is 1.90. The van der Waals surface area contributed by atoms with Crippen molar-refractivity contribution in [3.63, 3.8) is 0 Å². The maximum atomic E-state index is 12.3. The highest BCUT2D eigenvalue weighted by Crippen LogP contribution is 2.29. The number of nitrogens with zero attached hydrogens (tertiary/aromatic N) is 1. The maximum Gasteiger partial charge on any atom is 0.261 e. The third-order valence-electron chi connectivity index (χ3n) is 4.76. The Hall–Kier alpha value is -1.40. The Kier molecular flexibility index (Phi) is 4.78. The van der Waals surface area contributed by atoms with E-state index in [-0.39, 0.29) is 11.8 Å². The zero-order valence-corrected chi connectivity index (χ0v) is 13.7. The molecule has 3 rings (SSSR count). The van der Waals surface area contributed by atoms with Crippen molar-refractivity contribution in [1.29, 1.82) is 0 Å². The summed E-state index contributed by atoms with van der Waals surface area (Å²) in [4.78, 5) is 26.7. The monoisotopic (exact) mass is 321 g/mol. The molecule has 0 aromatic carbocycles. The van der Waals surface area contributed by atoms with E-state index in [1.54, 1.807) is 6.07 Å². The summed E-state index contributed by atoms with van der Waals surface area (Å²) >= 11 is 1.41. The van der Waals surface area contributed by atoms with E-state index in [9.17, 15) is 9.59 Å². The molecule has 0 saturated carbocycles. The molecule has 22 heavy (non-hydrogen) atoms. The van der Waals surface area contributed by atoms with E-state index in [2.05, 4.69) is 10.6 Å². The standard InChI is InChI=1S/C16H23N3O2S/c1-19(13-9-11-4-5-12(10-13)18-11)15(20)6-7-17-16(21)14-3-2-8-22-14/h2-3,8,11-13,18H,4-7,9-10H2,1H3,(H,17,21). The van der Waals surface area contributed by atoms with Crippen molar-refractivity contribution in [2.24, 2.45) is 0 Å². The van der Waals surface area contributed by atoms with Crippen molar-refractivity contribution in [2.45, 2.75) is 50.2 Å². The summed E-state index contributed by atoms with van der Waals surface area (Å²) in [5, 5.41) is 8.28. The summed E-state index contributed by atoms with van der Waals surface area (Å²) in [6.07, 6.45) is 4.95. The second-order valence-electron chi connectivity index (χ2n) is 6.25. The number of rotatable bonds is 5. The van der Waals surface area contributed by atoms with Gasteiger partial charge in [-0.3, -0.25) is 9.59 Å². The van der Waals surface area contributed by atoms with Crippen LogP contribution >= 0.6 is 11.3 Å². The van der Waals surface area contributed by atoms with Gasteiger partial charge in [0.2, 0.25) is 5.91 Å². The van der Waals surface area contributed by atoms with Gasteiger partial charge in [0.15, 0.2) is 0 Å². The van der Waals surface area contributed by atoms with E-state index in [1.165, 1.54) is 24.2 Å². The highest BCUT2D eigenvalue weighted by molar-refractivity contribution is 7.12. The molecule has 2 N–H and O–H groups in total. The second kappa shape index (κ2) is 6.79. The topological polar surface area (TPSA) is 61.4 Å². The lowest BCUT2D eigenvalue weighted by molar-refractivity contribution is -0.132. The Morgan fingerprint density at radius 1 is 1.36 bits per heavy atom. The SMILES string of the molecule is CN(C(=O)CCNC(=O)c1cccs1)C1CC2CCC(C1)N2. The quantitative estimate of drug-likeness (QED) is 0.866. The van der Waals surface area contributed by atoms with E-state index >= 15 is 0 Å². The van der Waals surface area contributed by atoms with Crippen LogP contribution < -0.4 is 10.6 Å². The smallest absolute Gasteiger partial charge is 0.261 e. The molecule has 2 amide bonds. The Morgan fingerprint density at radius 2 is 2.09 bits per heavy atom. The van der Waals surface area contributed by atoms with Crippen molar-refractivity contribution in [3.8, 4) is 0 Å². The van der Waals surface area contributed by atoms with Crippen LogP contribution in [-0.2, 0) is 4.79 Å². The number of carbonyl (C=O) groups excluding carboxylic acids is 2. The minimum absolute atomic E-state index is 0.0923. The van der Waals surface area contributed by atoms with Crippen molar-refractivity contribution in [3.05, 3.63) is 22.4 Å². The molecule has 2 unspecified atom stereocenters. The van der Waals surface area contributed by atoms with Crippen molar-refractivity contribution >= 4 is 23.2 Å². The summed E-state index contributed by atoms with van der Waals surface area (Å²) in [5.41, 5.74) is 0. The number of hydrogen-bond donors (Lipinski definition) is 2. The molecule has 6 heteroatoms. The largest absolute Gasteiger partial charge is 0.351 e. The van der Waals surface area contributed by atoms with Crippen LogP contribution in [0.15, 0.2) is 17.5 Å². The first-order valence-corrected chi connectivity index (χ1v) is 8.85. The average molecular weight is 321 g/mol. The number of hydrogen-bond acceptors (Lipinski definition) is 4. The normalized spacial score (nSPS) is 26.7. The van der Waals surface area contributed by atoms with E-state index in [0.717, 1.165) is 12.8 Å². The molecule has 0 radical (unpaired) electrons. The maximum absolute atomic E-state index is 12.3. The highest BCUT2D eigenvalue weighted by atomic mass is 32.1. The van der Waals surface area contributed by atoms with Gasteiger partial charge in [-0.15, -0.1) is 11.3 Å². The van der Waals surface area contributed by atoms with Crippen LogP contribution in [0.3, 0.4) is 0 Å². The fourth-order valence-corrected chi connectivity index (χ4v) is 4.14. The van der Waals surface area contributed by atoms with Gasteiger partial charge < -0.3 is 15.5 Å². The van der Waals surface area contributed by atoms with Crippen LogP contribution in [0.4, 0.5) is 0 Å². The lowest BCUT2D eigenvalue weighted by atomic mass is 9.98. The van der Waals surface area contributed by atoms with Crippen molar-refractivity contribution in [1.82, 2.24) is 15.5 Å². The van der Waals surface area contributed by atoms with Crippen LogP contribution in [0, 0.1) is 0 Å². The van der Waals surface area contributed by atoms with Crippen molar-refractivity contribution < 1.29 is 9.59 Å². The minimum atomic E-state index is -0.0923. The zero-order valence-electron chi connectivity index (χ0n) is 12.9. The van der Waals surface area contributed by atoms with Gasteiger partial charge in [-0.05, 0) is 37.1 Å². The van der Waals surface area contributed by atoms with Crippen molar-refractivity contribution in [2.75, 3.05) is 13.6 Å². The summed E-state index contributed by atoms with van der Waals surface area (Å²) in [6, 6.07) is 5.15. The van der Waals surface area contributed by atoms with E-state index in [4.69, 9.17) is 0 Å². The first-order valence-electron chi connectivity index (χ1n) is 7.97. The Labute approximate surface area is 135 Å². The molecule has 2 fully saturated rings. The van der Waals surface area contributed by atoms with E-state index in [0.29, 0.717) is 36.0 Å². The molecule has 3 heterocycles. The Balaban J connectivity index is 1.42. The lowest BCUT2D eigenvalue weighted by Crippen LogP contribution is -2.49. The Bertz CT molecular complexity index is 520. The summed E-state index contributed by atoms with van der Waals surface area (Å²) in [5.74, 6) is 0.0307. The van der Waals surface area contributed by atoms with Gasteiger partial charge >= 0.3 is 0 Å². The van der Waals surface area contributed by atoms with Gasteiger partial charge in [0.25, 0.3) is 5.91 Å². The van der Waals surface area contributed by atoms with Crippen LogP contribution in [-0.4, -0.2) is 48.4 Å². The Morgan fingerprint density at radius 3 is 2.73 bits per heavy atom. The molecule has 120 valence electrons. The molecule has 2 bridgehead atoms. The van der Waals surface area contributed by atoms with Crippen LogP contribution in [0.1, 0.15) is 41.8 Å². The number of thiophene rings is 1. The minimum Gasteiger partial charge on any atom is -0.351 e. The number of carbonyl (C=O) groups is 2. The fourth-order valence-electron chi connectivity index (χ4n) is 3.50. The first-order chi connectivity index (χ1) is 10.6. The van der Waals surface area contributed by atoms with E-state index < -0.39 is 0 Å². The molecule has 1 aromatic heterocycles. The molecule has 0 aliphatic carbocycles. The van der Waals surface area contributed by atoms with Gasteiger partial charge in [-0.2, -0.15) is 0 Å². The van der Waals surface area contributed by atoms with E-state index in [1.807, 2.05) is 23.4 Å². The fraction of sp³-hybridized carbons (Fsp3) is 0.625. The predicted molar refractivity (Wildman–Crippen MR) is 87.0 cm³/mol. The molecule has 0 spiro atoms. The van der Waals surface area contributed by atoms with Crippen LogP contribution in [0.2, 0.25) is 0 Å². The third-order valence-corrected chi connectivity index (χ3v) is 5.63. The number of fused-ring (bicyclic) bond motifs is 2. The molecular formula is C16H23N3O2S. The lowest BCUT2D eigenvalue weighted by Gasteiger charge is -2.35. The molecule has 2 aliphatic rings. The number of amides is 2. The molecular weight excluding hydrogens is 298 g/mol. The number of piperidine rings is 1. The molecule has 2 aliphatic heterocycles. The number of nitrogens with one attached hydrogen (secondary N) is 2.